The molecule has 3 aromatic heterocycles. The highest BCUT2D eigenvalue weighted by molar-refractivity contribution is 5.88. The van der Waals surface area contributed by atoms with Gasteiger partial charge < -0.3 is 4.98 Å². The summed E-state index contributed by atoms with van der Waals surface area (Å²) in [5, 5.41) is 4.90. The van der Waals surface area contributed by atoms with E-state index in [9.17, 15) is 4.79 Å². The van der Waals surface area contributed by atoms with Gasteiger partial charge in [-0.1, -0.05) is 12.1 Å². The smallest absolute Gasteiger partial charge is 0.258 e. The molecule has 4 rings (SSSR count). The van der Waals surface area contributed by atoms with Crippen LogP contribution in [0.2, 0.25) is 0 Å². The molecular formula is C15H10N4O. The molecule has 5 nitrogen and oxygen atoms in total. The van der Waals surface area contributed by atoms with Gasteiger partial charge in [-0.05, 0) is 29.8 Å². The van der Waals surface area contributed by atoms with Crippen LogP contribution in [0.4, 0.5) is 0 Å². The van der Waals surface area contributed by atoms with E-state index in [0.29, 0.717) is 10.9 Å². The summed E-state index contributed by atoms with van der Waals surface area (Å²) < 4.78 is 1.81. The van der Waals surface area contributed by atoms with Gasteiger partial charge in [0.1, 0.15) is 0 Å². The van der Waals surface area contributed by atoms with E-state index in [1.165, 1.54) is 6.33 Å². The molecule has 20 heavy (non-hydrogen) atoms. The standard InChI is InChI=1S/C15H10N4O/c20-15-11-7-10(4-5-13(11)16-9-17-15)12-8-18-19-6-2-1-3-14(12)19/h1-9H,(H,16,17,20). The summed E-state index contributed by atoms with van der Waals surface area (Å²) >= 11 is 0. The summed E-state index contributed by atoms with van der Waals surface area (Å²) in [6, 6.07) is 11.6. The maximum atomic E-state index is 11.8. The Hall–Kier alpha value is -2.95. The number of rotatable bonds is 1. The zero-order valence-corrected chi connectivity index (χ0v) is 10.4. The van der Waals surface area contributed by atoms with E-state index < -0.39 is 0 Å². The molecule has 0 aliphatic rings. The molecule has 0 fully saturated rings. The third kappa shape index (κ3) is 1.53. The summed E-state index contributed by atoms with van der Waals surface area (Å²) in [5.74, 6) is 0. The fourth-order valence-electron chi connectivity index (χ4n) is 2.39. The Morgan fingerprint density at radius 1 is 1.15 bits per heavy atom. The minimum Gasteiger partial charge on any atom is -0.313 e. The van der Waals surface area contributed by atoms with Crippen molar-refractivity contribution in [2.24, 2.45) is 0 Å². The minimum absolute atomic E-state index is 0.131. The van der Waals surface area contributed by atoms with Gasteiger partial charge in [-0.15, -0.1) is 0 Å². The third-order valence-electron chi connectivity index (χ3n) is 3.38. The highest BCUT2D eigenvalue weighted by atomic mass is 16.1. The molecule has 0 aliphatic heterocycles. The second-order valence-electron chi connectivity index (χ2n) is 4.55. The molecule has 0 atom stereocenters. The number of nitrogens with zero attached hydrogens (tertiary/aromatic N) is 3. The Kier molecular flexibility index (Phi) is 2.20. The molecule has 0 aliphatic carbocycles. The number of aromatic nitrogens is 4. The molecule has 0 amide bonds. The Balaban J connectivity index is 2.03. The third-order valence-corrected chi connectivity index (χ3v) is 3.38. The zero-order valence-electron chi connectivity index (χ0n) is 10.4. The summed E-state index contributed by atoms with van der Waals surface area (Å²) in [4.78, 5) is 18.6. The van der Waals surface area contributed by atoms with E-state index >= 15 is 0 Å². The molecule has 0 saturated carbocycles. The molecule has 5 heteroatoms. The Bertz CT molecular complexity index is 984. The second kappa shape index (κ2) is 4.03. The summed E-state index contributed by atoms with van der Waals surface area (Å²) in [6.07, 6.45) is 5.12. The van der Waals surface area contributed by atoms with E-state index in [4.69, 9.17) is 0 Å². The van der Waals surface area contributed by atoms with Gasteiger partial charge in [0.2, 0.25) is 0 Å². The summed E-state index contributed by atoms with van der Waals surface area (Å²) in [6.45, 7) is 0. The molecule has 3 heterocycles. The lowest BCUT2D eigenvalue weighted by Crippen LogP contribution is -2.05. The number of aromatic amines is 1. The van der Waals surface area contributed by atoms with Crippen molar-refractivity contribution in [3.05, 3.63) is 65.5 Å². The molecular weight excluding hydrogens is 252 g/mol. The van der Waals surface area contributed by atoms with Crippen molar-refractivity contribution in [2.45, 2.75) is 0 Å². The lowest BCUT2D eigenvalue weighted by atomic mass is 10.1. The van der Waals surface area contributed by atoms with Crippen molar-refractivity contribution < 1.29 is 0 Å². The van der Waals surface area contributed by atoms with Crippen LogP contribution >= 0.6 is 0 Å². The van der Waals surface area contributed by atoms with Crippen LogP contribution in [0.5, 0.6) is 0 Å². The normalized spacial score (nSPS) is 11.2. The molecule has 1 N–H and O–H groups in total. The lowest BCUT2D eigenvalue weighted by molar-refractivity contribution is 0.961. The van der Waals surface area contributed by atoms with Crippen molar-refractivity contribution in [1.29, 1.82) is 0 Å². The number of hydrogen-bond acceptors (Lipinski definition) is 3. The molecule has 0 unspecified atom stereocenters. The van der Waals surface area contributed by atoms with Crippen LogP contribution in [0.1, 0.15) is 0 Å². The fraction of sp³-hybridized carbons (Fsp3) is 0. The average molecular weight is 262 g/mol. The van der Waals surface area contributed by atoms with Crippen LogP contribution in [0.25, 0.3) is 27.5 Å². The van der Waals surface area contributed by atoms with Gasteiger partial charge in [-0.3, -0.25) is 4.79 Å². The summed E-state index contributed by atoms with van der Waals surface area (Å²) in [5.41, 5.74) is 3.52. The quantitative estimate of drug-likeness (QED) is 0.572. The van der Waals surface area contributed by atoms with E-state index in [0.717, 1.165) is 16.6 Å². The predicted octanol–water partition coefficient (Wildman–Crippen LogP) is 2.24. The Labute approximate surface area is 113 Å². The Morgan fingerprint density at radius 3 is 3.05 bits per heavy atom. The van der Waals surface area contributed by atoms with Crippen LogP contribution < -0.4 is 5.56 Å². The SMILES string of the molecule is O=c1[nH]cnc2ccc(-c3cnn4ccccc34)cc12. The van der Waals surface area contributed by atoms with Crippen molar-refractivity contribution in [1.82, 2.24) is 19.6 Å². The zero-order chi connectivity index (χ0) is 13.5. The van der Waals surface area contributed by atoms with Gasteiger partial charge in [0, 0.05) is 11.8 Å². The molecule has 1 aromatic carbocycles. The molecule has 0 bridgehead atoms. The number of nitrogens with one attached hydrogen (secondary N) is 1. The molecule has 0 radical (unpaired) electrons. The number of pyridine rings is 1. The van der Waals surface area contributed by atoms with E-state index in [1.807, 2.05) is 47.1 Å². The van der Waals surface area contributed by atoms with E-state index in [1.54, 1.807) is 6.20 Å². The van der Waals surface area contributed by atoms with Gasteiger partial charge in [0.25, 0.3) is 5.56 Å². The molecule has 96 valence electrons. The monoisotopic (exact) mass is 262 g/mol. The van der Waals surface area contributed by atoms with Crippen LogP contribution in [0, 0.1) is 0 Å². The number of H-pyrrole nitrogens is 1. The fourth-order valence-corrected chi connectivity index (χ4v) is 2.39. The van der Waals surface area contributed by atoms with Crippen molar-refractivity contribution >= 4 is 16.4 Å². The van der Waals surface area contributed by atoms with Crippen molar-refractivity contribution in [3.63, 3.8) is 0 Å². The average Bonchev–Trinajstić information content (AvgIpc) is 2.91. The summed E-state index contributed by atoms with van der Waals surface area (Å²) in [7, 11) is 0. The highest BCUT2D eigenvalue weighted by Crippen LogP contribution is 2.25. The first kappa shape index (κ1) is 10.9. The van der Waals surface area contributed by atoms with Crippen LogP contribution in [0.3, 0.4) is 0 Å². The number of fused-ring (bicyclic) bond motifs is 2. The topological polar surface area (TPSA) is 63.0 Å². The van der Waals surface area contributed by atoms with Crippen LogP contribution in [0.15, 0.2) is 59.9 Å². The van der Waals surface area contributed by atoms with Gasteiger partial charge >= 0.3 is 0 Å². The molecule has 0 saturated heterocycles. The van der Waals surface area contributed by atoms with Gasteiger partial charge in [-0.2, -0.15) is 5.10 Å². The van der Waals surface area contributed by atoms with Crippen LogP contribution in [-0.4, -0.2) is 19.6 Å². The van der Waals surface area contributed by atoms with E-state index in [-0.39, 0.29) is 5.56 Å². The first-order valence-electron chi connectivity index (χ1n) is 6.23. The van der Waals surface area contributed by atoms with Crippen molar-refractivity contribution in [2.75, 3.05) is 0 Å². The largest absolute Gasteiger partial charge is 0.313 e. The number of hydrogen-bond donors (Lipinski definition) is 1. The minimum atomic E-state index is -0.131. The van der Waals surface area contributed by atoms with Gasteiger partial charge in [0.05, 0.1) is 28.9 Å². The first-order valence-corrected chi connectivity index (χ1v) is 6.23. The maximum Gasteiger partial charge on any atom is 0.258 e. The Morgan fingerprint density at radius 2 is 2.10 bits per heavy atom. The molecule has 0 spiro atoms. The lowest BCUT2D eigenvalue weighted by Gasteiger charge is -2.01. The molecule has 4 aromatic rings. The van der Waals surface area contributed by atoms with Gasteiger partial charge in [-0.25, -0.2) is 9.50 Å². The maximum absolute atomic E-state index is 11.8. The predicted molar refractivity (Wildman–Crippen MR) is 76.5 cm³/mol. The second-order valence-corrected chi connectivity index (χ2v) is 4.55. The van der Waals surface area contributed by atoms with Gasteiger partial charge in [0.15, 0.2) is 0 Å². The van der Waals surface area contributed by atoms with Crippen molar-refractivity contribution in [3.8, 4) is 11.1 Å². The first-order chi connectivity index (χ1) is 9.83. The van der Waals surface area contributed by atoms with Crippen LogP contribution in [-0.2, 0) is 0 Å². The highest BCUT2D eigenvalue weighted by Gasteiger charge is 2.08. The number of benzene rings is 1. The van der Waals surface area contributed by atoms with E-state index in [2.05, 4.69) is 15.1 Å².